The summed E-state index contributed by atoms with van der Waals surface area (Å²) in [4.78, 5) is 0. The second kappa shape index (κ2) is 7.27. The summed E-state index contributed by atoms with van der Waals surface area (Å²) in [5.74, 6) is 1.62. The van der Waals surface area contributed by atoms with E-state index in [9.17, 15) is 0 Å². The minimum absolute atomic E-state index is 0.201. The summed E-state index contributed by atoms with van der Waals surface area (Å²) in [6, 6.07) is 6.57. The van der Waals surface area contributed by atoms with Crippen LogP contribution in [0, 0.1) is 0 Å². The Morgan fingerprint density at radius 1 is 1.17 bits per heavy atom. The molecule has 0 aliphatic carbocycles. The molecule has 0 heterocycles. The largest absolute Gasteiger partial charge is 0.493 e. The van der Waals surface area contributed by atoms with Crippen LogP contribution >= 0.6 is 0 Å². The summed E-state index contributed by atoms with van der Waals surface area (Å²) in [6.07, 6.45) is 1.18. The zero-order valence-electron chi connectivity index (χ0n) is 12.1. The third kappa shape index (κ3) is 4.57. The van der Waals surface area contributed by atoms with Gasteiger partial charge in [-0.2, -0.15) is 0 Å². The molecule has 1 aromatic rings. The smallest absolute Gasteiger partial charge is 0.161 e. The van der Waals surface area contributed by atoms with Crippen molar-refractivity contribution in [3.63, 3.8) is 0 Å². The molecule has 0 spiro atoms. The molecule has 0 radical (unpaired) electrons. The van der Waals surface area contributed by atoms with E-state index in [0.29, 0.717) is 6.04 Å². The monoisotopic (exact) mass is 251 g/mol. The van der Waals surface area contributed by atoms with Gasteiger partial charge in [0.05, 0.1) is 13.2 Å². The molecule has 0 aliphatic heterocycles. The Balaban J connectivity index is 2.80. The van der Waals surface area contributed by atoms with Gasteiger partial charge < -0.3 is 14.8 Å². The van der Waals surface area contributed by atoms with Crippen LogP contribution < -0.4 is 14.8 Å². The third-order valence-corrected chi connectivity index (χ3v) is 2.85. The van der Waals surface area contributed by atoms with Gasteiger partial charge in [0.25, 0.3) is 0 Å². The number of hydrogen-bond donors (Lipinski definition) is 1. The molecule has 1 rings (SSSR count). The first kappa shape index (κ1) is 14.8. The number of benzene rings is 1. The van der Waals surface area contributed by atoms with Crippen LogP contribution in [0.2, 0.25) is 0 Å². The maximum atomic E-state index is 5.88. The molecular weight excluding hydrogens is 226 g/mol. The Morgan fingerprint density at radius 2 is 1.89 bits per heavy atom. The highest BCUT2D eigenvalue weighted by molar-refractivity contribution is 5.43. The lowest BCUT2D eigenvalue weighted by Gasteiger charge is -2.17. The lowest BCUT2D eigenvalue weighted by atomic mass is 10.2. The highest BCUT2D eigenvalue weighted by Gasteiger charge is 2.09. The van der Waals surface area contributed by atoms with Crippen molar-refractivity contribution in [2.75, 3.05) is 7.11 Å². The summed E-state index contributed by atoms with van der Waals surface area (Å²) >= 11 is 0. The van der Waals surface area contributed by atoms with E-state index in [1.807, 2.05) is 6.07 Å². The fourth-order valence-corrected chi connectivity index (χ4v) is 1.55. The lowest BCUT2D eigenvalue weighted by Crippen LogP contribution is -2.21. The molecular formula is C15H25NO2. The Labute approximate surface area is 110 Å². The van der Waals surface area contributed by atoms with Gasteiger partial charge >= 0.3 is 0 Å². The van der Waals surface area contributed by atoms with Gasteiger partial charge in [0.1, 0.15) is 0 Å². The number of nitrogens with one attached hydrogen (secondary N) is 1. The zero-order valence-corrected chi connectivity index (χ0v) is 12.1. The molecule has 1 aromatic carbocycles. The van der Waals surface area contributed by atoms with E-state index in [4.69, 9.17) is 9.47 Å². The highest BCUT2D eigenvalue weighted by atomic mass is 16.5. The molecule has 0 bridgehead atoms. The molecule has 1 unspecified atom stereocenters. The molecule has 3 heteroatoms. The average molecular weight is 251 g/mol. The number of methoxy groups -OCH3 is 1. The van der Waals surface area contributed by atoms with Crippen molar-refractivity contribution in [3.8, 4) is 11.5 Å². The van der Waals surface area contributed by atoms with E-state index in [-0.39, 0.29) is 6.10 Å². The average Bonchev–Trinajstić information content (AvgIpc) is 2.36. The van der Waals surface area contributed by atoms with E-state index in [0.717, 1.165) is 24.5 Å². The van der Waals surface area contributed by atoms with Crippen molar-refractivity contribution in [2.24, 2.45) is 0 Å². The minimum atomic E-state index is 0.201. The fraction of sp³-hybridized carbons (Fsp3) is 0.600. The van der Waals surface area contributed by atoms with Crippen LogP contribution in [0.25, 0.3) is 0 Å². The van der Waals surface area contributed by atoms with Crippen molar-refractivity contribution in [2.45, 2.75) is 52.8 Å². The molecule has 0 aromatic heterocycles. The number of hydrogen-bond acceptors (Lipinski definition) is 3. The summed E-state index contributed by atoms with van der Waals surface area (Å²) in [5, 5.41) is 3.40. The van der Waals surface area contributed by atoms with Gasteiger partial charge in [-0.15, -0.1) is 0 Å². The van der Waals surface area contributed by atoms with Gasteiger partial charge in [0, 0.05) is 12.6 Å². The van der Waals surface area contributed by atoms with Crippen LogP contribution in [0.15, 0.2) is 18.2 Å². The maximum absolute atomic E-state index is 5.88. The Bertz CT molecular complexity index is 364. The van der Waals surface area contributed by atoms with E-state index in [1.165, 1.54) is 5.56 Å². The summed E-state index contributed by atoms with van der Waals surface area (Å²) in [7, 11) is 1.67. The standard InChI is InChI=1S/C15H25NO2/c1-6-12(4)18-15-9-13(10-16-11(2)3)7-8-14(15)17-5/h7-9,11-12,16H,6,10H2,1-5H3. The van der Waals surface area contributed by atoms with Crippen LogP contribution in [0.5, 0.6) is 11.5 Å². The van der Waals surface area contributed by atoms with E-state index in [2.05, 4.69) is 45.1 Å². The summed E-state index contributed by atoms with van der Waals surface area (Å²) < 4.78 is 11.2. The molecule has 1 N–H and O–H groups in total. The predicted molar refractivity (Wildman–Crippen MR) is 75.4 cm³/mol. The number of rotatable bonds is 7. The predicted octanol–water partition coefficient (Wildman–Crippen LogP) is 3.37. The van der Waals surface area contributed by atoms with Crippen LogP contribution in [-0.4, -0.2) is 19.3 Å². The van der Waals surface area contributed by atoms with E-state index >= 15 is 0 Å². The molecule has 0 fully saturated rings. The molecule has 0 aliphatic rings. The highest BCUT2D eigenvalue weighted by Crippen LogP contribution is 2.29. The van der Waals surface area contributed by atoms with Crippen LogP contribution in [0.1, 0.15) is 39.7 Å². The first-order chi connectivity index (χ1) is 8.56. The van der Waals surface area contributed by atoms with Gasteiger partial charge in [-0.05, 0) is 31.0 Å². The van der Waals surface area contributed by atoms with Gasteiger partial charge in [0.2, 0.25) is 0 Å². The van der Waals surface area contributed by atoms with Gasteiger partial charge in [-0.3, -0.25) is 0 Å². The van der Waals surface area contributed by atoms with Crippen molar-refractivity contribution < 1.29 is 9.47 Å². The van der Waals surface area contributed by atoms with Crippen molar-refractivity contribution >= 4 is 0 Å². The first-order valence-corrected chi connectivity index (χ1v) is 6.63. The molecule has 18 heavy (non-hydrogen) atoms. The second-order valence-electron chi connectivity index (χ2n) is 4.86. The second-order valence-corrected chi connectivity index (χ2v) is 4.86. The molecule has 3 nitrogen and oxygen atoms in total. The van der Waals surface area contributed by atoms with Gasteiger partial charge in [-0.25, -0.2) is 0 Å². The fourth-order valence-electron chi connectivity index (χ4n) is 1.55. The van der Waals surface area contributed by atoms with Crippen molar-refractivity contribution in [1.29, 1.82) is 0 Å². The molecule has 0 amide bonds. The molecule has 0 saturated heterocycles. The van der Waals surface area contributed by atoms with Crippen LogP contribution in [0.4, 0.5) is 0 Å². The van der Waals surface area contributed by atoms with Gasteiger partial charge in [0.15, 0.2) is 11.5 Å². The van der Waals surface area contributed by atoms with Crippen LogP contribution in [0.3, 0.4) is 0 Å². The Hall–Kier alpha value is -1.22. The summed E-state index contributed by atoms with van der Waals surface area (Å²) in [5.41, 5.74) is 1.21. The van der Waals surface area contributed by atoms with Crippen molar-refractivity contribution in [1.82, 2.24) is 5.32 Å². The minimum Gasteiger partial charge on any atom is -0.493 e. The normalized spacial score (nSPS) is 12.6. The van der Waals surface area contributed by atoms with Gasteiger partial charge in [-0.1, -0.05) is 26.8 Å². The van der Waals surface area contributed by atoms with E-state index in [1.54, 1.807) is 7.11 Å². The maximum Gasteiger partial charge on any atom is 0.161 e. The zero-order chi connectivity index (χ0) is 13.5. The quantitative estimate of drug-likeness (QED) is 0.806. The lowest BCUT2D eigenvalue weighted by molar-refractivity contribution is 0.207. The first-order valence-electron chi connectivity index (χ1n) is 6.63. The van der Waals surface area contributed by atoms with Crippen LogP contribution in [-0.2, 0) is 6.54 Å². The van der Waals surface area contributed by atoms with Crippen molar-refractivity contribution in [3.05, 3.63) is 23.8 Å². The number of ether oxygens (including phenoxy) is 2. The Kier molecular flexibility index (Phi) is 5.99. The summed E-state index contributed by atoms with van der Waals surface area (Å²) in [6.45, 7) is 9.30. The molecule has 1 atom stereocenters. The molecule has 102 valence electrons. The Morgan fingerprint density at radius 3 is 2.44 bits per heavy atom. The molecule has 0 saturated carbocycles. The van der Waals surface area contributed by atoms with E-state index < -0.39 is 0 Å². The third-order valence-electron chi connectivity index (χ3n) is 2.85. The topological polar surface area (TPSA) is 30.5 Å². The SMILES string of the molecule is CCC(C)Oc1cc(CNC(C)C)ccc1OC.